The number of nitrogens with one attached hydrogen (secondary N) is 2. The van der Waals surface area contributed by atoms with Crippen LogP contribution in [0.2, 0.25) is 0 Å². The second-order valence-corrected chi connectivity index (χ2v) is 7.92. The molecule has 3 aromatic carbocycles. The Kier molecular flexibility index (Phi) is 8.32. The molecule has 172 valence electrons. The van der Waals surface area contributed by atoms with E-state index in [9.17, 15) is 14.7 Å². The van der Waals surface area contributed by atoms with Gasteiger partial charge in [0.05, 0.1) is 11.6 Å². The molecule has 33 heavy (non-hydrogen) atoms. The zero-order valence-electron chi connectivity index (χ0n) is 18.9. The largest absolute Gasteiger partial charge is 0.507 e. The predicted octanol–water partition coefficient (Wildman–Crippen LogP) is 2.64. The van der Waals surface area contributed by atoms with Crippen molar-refractivity contribution in [2.45, 2.75) is 25.6 Å². The third-order valence-corrected chi connectivity index (χ3v) is 5.59. The number of ketones is 1. The minimum absolute atomic E-state index is 0.0392. The van der Waals surface area contributed by atoms with Crippen molar-refractivity contribution in [3.8, 4) is 5.75 Å². The van der Waals surface area contributed by atoms with Crippen molar-refractivity contribution in [1.29, 1.82) is 0 Å². The van der Waals surface area contributed by atoms with Gasteiger partial charge in [0, 0.05) is 25.7 Å². The molecule has 0 saturated carbocycles. The first kappa shape index (κ1) is 24.1. The minimum atomic E-state index is -0.713. The minimum Gasteiger partial charge on any atom is -0.507 e. The summed E-state index contributed by atoms with van der Waals surface area (Å²) in [6.07, 6.45) is 0.340. The van der Waals surface area contributed by atoms with E-state index in [1.807, 2.05) is 42.5 Å². The molecule has 1 atom stereocenters. The smallest absolute Gasteiger partial charge is 0.252 e. The number of nitrogens with zero attached hydrogens (tertiary/aromatic N) is 1. The average molecular weight is 447 g/mol. The number of benzene rings is 3. The molecular formula is C26H30N4O3. The Labute approximate surface area is 194 Å². The first-order chi connectivity index (χ1) is 15.9. The van der Waals surface area contributed by atoms with Gasteiger partial charge in [0.15, 0.2) is 5.78 Å². The van der Waals surface area contributed by atoms with E-state index < -0.39 is 11.9 Å². The second kappa shape index (κ2) is 11.4. The van der Waals surface area contributed by atoms with Crippen LogP contribution < -0.4 is 16.5 Å². The van der Waals surface area contributed by atoms with Gasteiger partial charge in [-0.05, 0) is 48.4 Å². The van der Waals surface area contributed by atoms with Gasteiger partial charge in [-0.25, -0.2) is 5.01 Å². The maximum Gasteiger partial charge on any atom is 0.252 e. The highest BCUT2D eigenvalue weighted by Crippen LogP contribution is 2.21. The number of hydrogen-bond acceptors (Lipinski definition) is 6. The molecule has 0 aromatic heterocycles. The molecule has 0 aliphatic carbocycles. The summed E-state index contributed by atoms with van der Waals surface area (Å²) in [6, 6.07) is 21.9. The van der Waals surface area contributed by atoms with Gasteiger partial charge in [0.2, 0.25) is 0 Å². The van der Waals surface area contributed by atoms with E-state index in [2.05, 4.69) is 22.9 Å². The van der Waals surface area contributed by atoms with E-state index in [0.29, 0.717) is 18.5 Å². The van der Waals surface area contributed by atoms with Crippen LogP contribution in [0.3, 0.4) is 0 Å². The highest BCUT2D eigenvalue weighted by molar-refractivity contribution is 6.00. The van der Waals surface area contributed by atoms with Crippen molar-refractivity contribution in [2.75, 3.05) is 14.1 Å². The fourth-order valence-corrected chi connectivity index (χ4v) is 3.67. The van der Waals surface area contributed by atoms with Crippen LogP contribution >= 0.6 is 0 Å². The molecule has 3 rings (SSSR count). The number of rotatable bonds is 11. The van der Waals surface area contributed by atoms with Crippen molar-refractivity contribution in [3.05, 3.63) is 101 Å². The maximum atomic E-state index is 13.4. The van der Waals surface area contributed by atoms with Gasteiger partial charge in [-0.2, -0.15) is 0 Å². The Morgan fingerprint density at radius 2 is 1.64 bits per heavy atom. The van der Waals surface area contributed by atoms with E-state index in [1.54, 1.807) is 25.2 Å². The molecule has 0 heterocycles. The monoisotopic (exact) mass is 446 g/mol. The Balaban J connectivity index is 1.74. The molecule has 0 aliphatic heterocycles. The molecule has 1 amide bonds. The van der Waals surface area contributed by atoms with Crippen molar-refractivity contribution >= 4 is 11.7 Å². The van der Waals surface area contributed by atoms with Crippen LogP contribution in [0.1, 0.15) is 37.4 Å². The Morgan fingerprint density at radius 3 is 2.33 bits per heavy atom. The molecule has 7 nitrogen and oxygen atoms in total. The summed E-state index contributed by atoms with van der Waals surface area (Å²) in [5.74, 6) is -0.938. The Hall–Kier alpha value is -3.52. The van der Waals surface area contributed by atoms with Crippen LogP contribution in [0.25, 0.3) is 0 Å². The van der Waals surface area contributed by atoms with Crippen molar-refractivity contribution < 1.29 is 14.7 Å². The summed E-state index contributed by atoms with van der Waals surface area (Å²) >= 11 is 0. The van der Waals surface area contributed by atoms with Crippen molar-refractivity contribution in [3.63, 3.8) is 0 Å². The highest BCUT2D eigenvalue weighted by atomic mass is 16.3. The van der Waals surface area contributed by atoms with E-state index >= 15 is 0 Å². The third-order valence-electron chi connectivity index (χ3n) is 5.59. The normalized spacial score (nSPS) is 12.0. The summed E-state index contributed by atoms with van der Waals surface area (Å²) in [7, 11) is 3.54. The van der Waals surface area contributed by atoms with Crippen LogP contribution in [0, 0.1) is 0 Å². The van der Waals surface area contributed by atoms with Crippen LogP contribution in [0.4, 0.5) is 0 Å². The van der Waals surface area contributed by atoms with Crippen molar-refractivity contribution in [2.24, 2.45) is 5.73 Å². The second-order valence-electron chi connectivity index (χ2n) is 7.92. The summed E-state index contributed by atoms with van der Waals surface area (Å²) in [6.45, 7) is 1.38. The fraction of sp³-hybridized carbons (Fsp3) is 0.231. The lowest BCUT2D eigenvalue weighted by Crippen LogP contribution is -2.46. The topological polar surface area (TPSA) is 108 Å². The van der Waals surface area contributed by atoms with Gasteiger partial charge < -0.3 is 16.2 Å². The molecule has 0 radical (unpaired) electrons. The molecule has 7 heteroatoms. The molecule has 0 spiro atoms. The van der Waals surface area contributed by atoms with E-state index in [-0.39, 0.29) is 17.1 Å². The predicted molar refractivity (Wildman–Crippen MR) is 129 cm³/mol. The molecule has 0 fully saturated rings. The number of primary amides is 1. The van der Waals surface area contributed by atoms with E-state index in [1.165, 1.54) is 17.7 Å². The summed E-state index contributed by atoms with van der Waals surface area (Å²) in [5, 5.41) is 15.0. The highest BCUT2D eigenvalue weighted by Gasteiger charge is 2.25. The average Bonchev–Trinajstić information content (AvgIpc) is 2.83. The number of Topliss-reactive ketones (excluding diaryl/α,β-unsaturated/α-hetero) is 1. The lowest BCUT2D eigenvalue weighted by atomic mass is 9.95. The number of carbonyl (C=O) groups is 2. The standard InChI is InChI=1S/C26H30N4O3/c1-28-30(2)23(15-19-11-12-24(31)22(14-19)26(27)33)25(32)21-10-6-9-20(13-21)17-29-16-18-7-4-3-5-8-18/h3-14,23,28-29,31H,15-17H2,1-2H3,(H2,27,33). The van der Waals surface area contributed by atoms with Crippen LogP contribution in [0.5, 0.6) is 5.75 Å². The molecule has 3 aromatic rings. The van der Waals surface area contributed by atoms with Gasteiger partial charge in [0.25, 0.3) is 5.91 Å². The van der Waals surface area contributed by atoms with Crippen molar-refractivity contribution in [1.82, 2.24) is 15.8 Å². The number of likely N-dealkylation sites (N-methyl/N-ethyl adjacent to an activating group) is 1. The number of hydrogen-bond donors (Lipinski definition) is 4. The first-order valence-corrected chi connectivity index (χ1v) is 10.8. The SMILES string of the molecule is CNN(C)C(Cc1ccc(O)c(C(N)=O)c1)C(=O)c1cccc(CNCc2ccccc2)c1. The maximum absolute atomic E-state index is 13.4. The zero-order valence-corrected chi connectivity index (χ0v) is 18.9. The number of hydrazine groups is 1. The Bertz CT molecular complexity index is 1100. The number of phenols is 1. The number of aromatic hydroxyl groups is 1. The number of nitrogens with two attached hydrogens (primary N) is 1. The first-order valence-electron chi connectivity index (χ1n) is 10.8. The van der Waals surface area contributed by atoms with Gasteiger partial charge in [-0.15, -0.1) is 0 Å². The van der Waals surface area contributed by atoms with Gasteiger partial charge in [0.1, 0.15) is 5.75 Å². The van der Waals surface area contributed by atoms with E-state index in [4.69, 9.17) is 5.73 Å². The molecule has 1 unspecified atom stereocenters. The summed E-state index contributed by atoms with van der Waals surface area (Å²) in [4.78, 5) is 25.0. The molecule has 0 saturated heterocycles. The van der Waals surface area contributed by atoms with Crippen LogP contribution in [-0.4, -0.2) is 41.9 Å². The van der Waals surface area contributed by atoms with E-state index in [0.717, 1.165) is 17.7 Å². The lowest BCUT2D eigenvalue weighted by Gasteiger charge is -2.26. The van der Waals surface area contributed by atoms with Crippen LogP contribution in [-0.2, 0) is 19.5 Å². The molecule has 0 aliphatic rings. The lowest BCUT2D eigenvalue weighted by molar-refractivity contribution is 0.0796. The van der Waals surface area contributed by atoms with Gasteiger partial charge >= 0.3 is 0 Å². The van der Waals surface area contributed by atoms with Crippen LogP contribution in [0.15, 0.2) is 72.8 Å². The fourth-order valence-electron chi connectivity index (χ4n) is 3.67. The molecule has 5 N–H and O–H groups in total. The summed E-state index contributed by atoms with van der Waals surface area (Å²) < 4.78 is 0. The quantitative estimate of drug-likeness (QED) is 0.266. The number of amides is 1. The van der Waals surface area contributed by atoms with Gasteiger partial charge in [-0.1, -0.05) is 54.6 Å². The molecule has 0 bridgehead atoms. The summed E-state index contributed by atoms with van der Waals surface area (Å²) in [5.41, 5.74) is 11.9. The number of carbonyl (C=O) groups excluding carboxylic acids is 2. The Morgan fingerprint density at radius 1 is 0.939 bits per heavy atom. The third kappa shape index (κ3) is 6.49. The van der Waals surface area contributed by atoms with Gasteiger partial charge in [-0.3, -0.25) is 15.0 Å². The molecular weight excluding hydrogens is 416 g/mol. The zero-order chi connectivity index (χ0) is 23.8.